The van der Waals surface area contributed by atoms with E-state index in [0.29, 0.717) is 12.1 Å². The Bertz CT molecular complexity index is 308. The van der Waals surface area contributed by atoms with Gasteiger partial charge in [0.2, 0.25) is 11.8 Å². The van der Waals surface area contributed by atoms with Crippen molar-refractivity contribution in [2.75, 3.05) is 13.1 Å². The quantitative estimate of drug-likeness (QED) is 0.567. The number of hydrogen-bond acceptors (Lipinski definition) is 4. The van der Waals surface area contributed by atoms with Gasteiger partial charge in [0.05, 0.1) is 0 Å². The van der Waals surface area contributed by atoms with Crippen molar-refractivity contribution < 1.29 is 9.59 Å². The maximum atomic E-state index is 11.6. The largest absolute Gasteiger partial charge is 0.368 e. The minimum atomic E-state index is -0.625. The van der Waals surface area contributed by atoms with Gasteiger partial charge in [-0.2, -0.15) is 0 Å². The molecule has 1 atom stereocenters. The molecule has 0 saturated carbocycles. The van der Waals surface area contributed by atoms with Gasteiger partial charge in [-0.05, 0) is 16.0 Å². The van der Waals surface area contributed by atoms with Gasteiger partial charge >= 0.3 is 0 Å². The van der Waals surface area contributed by atoms with E-state index in [1.165, 1.54) is 0 Å². The summed E-state index contributed by atoms with van der Waals surface area (Å²) in [6.45, 7) is 2.92. The molecule has 1 heterocycles. The normalized spacial score (nSPS) is 18.4. The van der Waals surface area contributed by atoms with E-state index in [4.69, 9.17) is 5.73 Å². The van der Waals surface area contributed by atoms with Crippen LogP contribution in [-0.4, -0.2) is 35.3 Å². The van der Waals surface area contributed by atoms with Crippen molar-refractivity contribution in [2.45, 2.75) is 13.0 Å². The van der Waals surface area contributed by atoms with Crippen LogP contribution in [0, 0.1) is 0 Å². The Balaban J connectivity index is 2.46. The van der Waals surface area contributed by atoms with Crippen LogP contribution < -0.4 is 11.1 Å². The standard InChI is InChI=1S/C8H12IN3O2S/c1-5(7(10)13)11-8(14)6-2-3-12(4-6)15-9/h2,5H,3-4H2,1H3,(H2,10,13)(H,11,14)/t5-/m0/s1. The molecule has 0 unspecified atom stereocenters. The molecule has 5 nitrogen and oxygen atoms in total. The lowest BCUT2D eigenvalue weighted by molar-refractivity contribution is -0.125. The first kappa shape index (κ1) is 12.8. The summed E-state index contributed by atoms with van der Waals surface area (Å²) in [6, 6.07) is -0.625. The molecule has 0 fully saturated rings. The van der Waals surface area contributed by atoms with E-state index in [1.54, 1.807) is 16.0 Å². The highest BCUT2D eigenvalue weighted by Crippen LogP contribution is 2.23. The minimum Gasteiger partial charge on any atom is -0.368 e. The summed E-state index contributed by atoms with van der Waals surface area (Å²) in [5, 5.41) is 2.55. The molecule has 1 rings (SSSR count). The van der Waals surface area contributed by atoms with Crippen molar-refractivity contribution in [2.24, 2.45) is 5.73 Å². The van der Waals surface area contributed by atoms with Gasteiger partial charge in [-0.15, -0.1) is 0 Å². The molecule has 2 amide bonds. The Morgan fingerprint density at radius 3 is 2.87 bits per heavy atom. The van der Waals surface area contributed by atoms with Crippen LogP contribution in [0.4, 0.5) is 0 Å². The zero-order chi connectivity index (χ0) is 11.4. The summed E-state index contributed by atoms with van der Waals surface area (Å²) < 4.78 is 2.03. The summed E-state index contributed by atoms with van der Waals surface area (Å²) in [6.07, 6.45) is 1.86. The Morgan fingerprint density at radius 2 is 2.40 bits per heavy atom. The number of primary amides is 1. The molecule has 0 aromatic rings. The van der Waals surface area contributed by atoms with E-state index in [-0.39, 0.29) is 5.91 Å². The average Bonchev–Trinajstić information content (AvgIpc) is 2.65. The zero-order valence-corrected chi connectivity index (χ0v) is 11.2. The van der Waals surface area contributed by atoms with Crippen molar-refractivity contribution in [1.82, 2.24) is 9.62 Å². The third kappa shape index (κ3) is 3.65. The highest BCUT2D eigenvalue weighted by molar-refractivity contribution is 14.2. The first-order chi connectivity index (χ1) is 7.04. The van der Waals surface area contributed by atoms with Crippen LogP contribution in [0.15, 0.2) is 11.6 Å². The SMILES string of the molecule is C[C@H](NC(=O)C1=CCN(SI)C1)C(N)=O. The van der Waals surface area contributed by atoms with E-state index in [1.807, 2.05) is 10.4 Å². The van der Waals surface area contributed by atoms with Crippen molar-refractivity contribution in [3.8, 4) is 0 Å². The topological polar surface area (TPSA) is 75.4 Å². The first-order valence-electron chi connectivity index (χ1n) is 4.37. The van der Waals surface area contributed by atoms with Gasteiger partial charge in [0.1, 0.15) is 6.04 Å². The Hall–Kier alpha value is -0.280. The predicted molar refractivity (Wildman–Crippen MR) is 68.1 cm³/mol. The molecule has 84 valence electrons. The Kier molecular flexibility index (Phi) is 4.87. The number of hydrogen-bond donors (Lipinski definition) is 2. The summed E-state index contributed by atoms with van der Waals surface area (Å²) in [5.41, 5.74) is 5.73. The third-order valence-corrected chi connectivity index (χ3v) is 4.20. The lowest BCUT2D eigenvalue weighted by atomic mass is 10.2. The summed E-state index contributed by atoms with van der Waals surface area (Å²) in [5.74, 6) is -0.740. The second-order valence-corrected chi connectivity index (χ2v) is 5.05. The fraction of sp³-hybridized carbons (Fsp3) is 0.500. The van der Waals surface area contributed by atoms with Crippen LogP contribution in [0.3, 0.4) is 0 Å². The van der Waals surface area contributed by atoms with E-state index >= 15 is 0 Å². The molecular formula is C8H12IN3O2S. The average molecular weight is 341 g/mol. The van der Waals surface area contributed by atoms with Gasteiger partial charge in [0.15, 0.2) is 0 Å². The van der Waals surface area contributed by atoms with Crippen molar-refractivity contribution in [3.05, 3.63) is 11.6 Å². The maximum Gasteiger partial charge on any atom is 0.248 e. The monoisotopic (exact) mass is 341 g/mol. The van der Waals surface area contributed by atoms with Crippen molar-refractivity contribution in [3.63, 3.8) is 0 Å². The second-order valence-electron chi connectivity index (χ2n) is 3.22. The number of nitrogens with two attached hydrogens (primary N) is 1. The van der Waals surface area contributed by atoms with Crippen LogP contribution >= 0.6 is 30.3 Å². The van der Waals surface area contributed by atoms with Crippen LogP contribution in [0.25, 0.3) is 0 Å². The highest BCUT2D eigenvalue weighted by Gasteiger charge is 2.21. The third-order valence-electron chi connectivity index (χ3n) is 2.05. The van der Waals surface area contributed by atoms with Crippen molar-refractivity contribution >= 4 is 42.1 Å². The van der Waals surface area contributed by atoms with Crippen LogP contribution in [-0.2, 0) is 9.59 Å². The highest BCUT2D eigenvalue weighted by atomic mass is 127. The molecule has 0 radical (unpaired) electrons. The zero-order valence-electron chi connectivity index (χ0n) is 8.20. The van der Waals surface area contributed by atoms with E-state index in [9.17, 15) is 9.59 Å². The predicted octanol–water partition coefficient (Wildman–Crippen LogP) is 0.217. The lowest BCUT2D eigenvalue weighted by Gasteiger charge is -2.12. The summed E-state index contributed by atoms with van der Waals surface area (Å²) in [4.78, 5) is 22.3. The van der Waals surface area contributed by atoms with Gasteiger partial charge in [-0.25, -0.2) is 4.31 Å². The van der Waals surface area contributed by atoms with E-state index < -0.39 is 11.9 Å². The molecule has 0 aliphatic carbocycles. The molecule has 1 aliphatic heterocycles. The Labute approximate surface area is 105 Å². The van der Waals surface area contributed by atoms with E-state index in [2.05, 4.69) is 26.5 Å². The van der Waals surface area contributed by atoms with Crippen LogP contribution in [0.1, 0.15) is 6.92 Å². The number of nitrogens with zero attached hydrogens (tertiary/aromatic N) is 1. The lowest BCUT2D eigenvalue weighted by Crippen LogP contribution is -2.43. The molecule has 15 heavy (non-hydrogen) atoms. The van der Waals surface area contributed by atoms with Gasteiger partial charge < -0.3 is 11.1 Å². The minimum absolute atomic E-state index is 0.214. The first-order valence-corrected chi connectivity index (χ1v) is 7.69. The molecule has 0 bridgehead atoms. The maximum absolute atomic E-state index is 11.6. The molecule has 0 spiro atoms. The fourth-order valence-corrected chi connectivity index (χ4v) is 2.33. The number of carbonyl (C=O) groups excluding carboxylic acids is 2. The molecule has 1 aliphatic rings. The fourth-order valence-electron chi connectivity index (χ4n) is 1.11. The van der Waals surface area contributed by atoms with Gasteiger partial charge in [-0.3, -0.25) is 9.59 Å². The molecule has 3 N–H and O–H groups in total. The number of halogens is 1. The second kappa shape index (κ2) is 5.71. The summed E-state index contributed by atoms with van der Waals surface area (Å²) in [7, 11) is 1.56. The molecular weight excluding hydrogens is 329 g/mol. The molecule has 7 heteroatoms. The molecule has 0 aromatic heterocycles. The number of nitrogens with one attached hydrogen (secondary N) is 1. The van der Waals surface area contributed by atoms with Gasteiger partial charge in [-0.1, -0.05) is 6.08 Å². The smallest absolute Gasteiger partial charge is 0.248 e. The summed E-state index contributed by atoms with van der Waals surface area (Å²) >= 11 is 2.16. The van der Waals surface area contributed by atoms with E-state index in [0.717, 1.165) is 6.54 Å². The van der Waals surface area contributed by atoms with Crippen LogP contribution in [0.5, 0.6) is 0 Å². The van der Waals surface area contributed by atoms with Crippen LogP contribution in [0.2, 0.25) is 0 Å². The van der Waals surface area contributed by atoms with Gasteiger partial charge in [0, 0.05) is 39.9 Å². The number of amides is 2. The molecule has 0 saturated heterocycles. The van der Waals surface area contributed by atoms with Gasteiger partial charge in [0.25, 0.3) is 0 Å². The number of carbonyl (C=O) groups is 2. The Morgan fingerprint density at radius 1 is 1.73 bits per heavy atom. The number of rotatable bonds is 4. The molecule has 0 aromatic carbocycles. The van der Waals surface area contributed by atoms with Crippen molar-refractivity contribution in [1.29, 1.82) is 0 Å².